The molecule has 0 saturated heterocycles. The van der Waals surface area contributed by atoms with E-state index in [1.54, 1.807) is 0 Å². The van der Waals surface area contributed by atoms with Gasteiger partial charge in [-0.2, -0.15) is 0 Å². The molecule has 1 N–H and O–H groups in total. The van der Waals surface area contributed by atoms with Gasteiger partial charge in [-0.25, -0.2) is 0 Å². The minimum atomic E-state index is 0.279. The van der Waals surface area contributed by atoms with E-state index in [9.17, 15) is 0 Å². The van der Waals surface area contributed by atoms with Crippen LogP contribution in [-0.4, -0.2) is 0 Å². The van der Waals surface area contributed by atoms with Gasteiger partial charge in [0.15, 0.2) is 0 Å². The maximum absolute atomic E-state index is 6.49. The van der Waals surface area contributed by atoms with E-state index in [1.165, 1.54) is 27.9 Å². The molecule has 1 heterocycles. The number of anilines is 1. The third-order valence-electron chi connectivity index (χ3n) is 5.19. The van der Waals surface area contributed by atoms with Crippen molar-refractivity contribution in [3.63, 3.8) is 0 Å². The Morgan fingerprint density at radius 3 is 2.64 bits per heavy atom. The van der Waals surface area contributed by atoms with Crippen molar-refractivity contribution in [1.82, 2.24) is 0 Å². The van der Waals surface area contributed by atoms with E-state index in [4.69, 9.17) is 11.6 Å². The van der Waals surface area contributed by atoms with E-state index in [0.29, 0.717) is 11.8 Å². The number of allylic oxidation sites excluding steroid dienone is 2. The molecule has 2 aromatic rings. The van der Waals surface area contributed by atoms with E-state index < -0.39 is 0 Å². The topological polar surface area (TPSA) is 12.0 Å². The lowest BCUT2D eigenvalue weighted by Crippen LogP contribution is -2.30. The number of fused-ring (bicyclic) bond motifs is 3. The van der Waals surface area contributed by atoms with Crippen LogP contribution in [0.2, 0.25) is 5.02 Å². The van der Waals surface area contributed by atoms with Crippen LogP contribution in [0.5, 0.6) is 0 Å². The van der Waals surface area contributed by atoms with Gasteiger partial charge in [-0.15, -0.1) is 0 Å². The van der Waals surface area contributed by atoms with Crippen molar-refractivity contribution >= 4 is 17.3 Å². The number of aryl methyl sites for hydroxylation is 2. The number of halogens is 1. The van der Waals surface area contributed by atoms with Crippen LogP contribution in [0.25, 0.3) is 0 Å². The summed E-state index contributed by atoms with van der Waals surface area (Å²) in [5, 5.41) is 4.67. The molecule has 1 aliphatic heterocycles. The Labute approximate surface area is 137 Å². The van der Waals surface area contributed by atoms with E-state index in [0.717, 1.165) is 11.4 Å². The van der Waals surface area contributed by atoms with Crippen LogP contribution in [0.4, 0.5) is 5.69 Å². The molecule has 112 valence electrons. The summed E-state index contributed by atoms with van der Waals surface area (Å²) >= 11 is 6.49. The van der Waals surface area contributed by atoms with Crippen LogP contribution in [0.15, 0.2) is 48.6 Å². The predicted molar refractivity (Wildman–Crippen MR) is 93.7 cm³/mol. The third kappa shape index (κ3) is 1.99. The van der Waals surface area contributed by atoms with Gasteiger partial charge in [0.2, 0.25) is 0 Å². The molecule has 1 aliphatic carbocycles. The quantitative estimate of drug-likeness (QED) is 0.658. The van der Waals surface area contributed by atoms with Crippen LogP contribution in [0.3, 0.4) is 0 Å². The van der Waals surface area contributed by atoms with Crippen molar-refractivity contribution in [2.45, 2.75) is 32.2 Å². The highest BCUT2D eigenvalue weighted by Crippen LogP contribution is 2.52. The molecule has 0 amide bonds. The molecule has 0 radical (unpaired) electrons. The summed E-state index contributed by atoms with van der Waals surface area (Å²) in [7, 11) is 0. The van der Waals surface area contributed by atoms with Crippen molar-refractivity contribution < 1.29 is 0 Å². The van der Waals surface area contributed by atoms with Crippen LogP contribution in [-0.2, 0) is 0 Å². The summed E-state index contributed by atoms with van der Waals surface area (Å²) in [6.07, 6.45) is 5.83. The Balaban J connectivity index is 1.88. The minimum Gasteiger partial charge on any atom is -0.377 e. The maximum atomic E-state index is 6.49. The molecule has 0 bridgehead atoms. The van der Waals surface area contributed by atoms with Crippen LogP contribution >= 0.6 is 11.6 Å². The number of hydrogen-bond acceptors (Lipinski definition) is 1. The molecule has 22 heavy (non-hydrogen) atoms. The molecule has 0 saturated carbocycles. The van der Waals surface area contributed by atoms with Crippen molar-refractivity contribution in [3.8, 4) is 0 Å². The number of nitrogens with one attached hydrogen (secondary N) is 1. The van der Waals surface area contributed by atoms with Crippen molar-refractivity contribution in [2.75, 3.05) is 5.32 Å². The second-order valence-electron chi connectivity index (χ2n) is 6.49. The maximum Gasteiger partial charge on any atom is 0.0568 e. The zero-order valence-corrected chi connectivity index (χ0v) is 13.7. The second kappa shape index (κ2) is 5.17. The highest BCUT2D eigenvalue weighted by molar-refractivity contribution is 6.31. The van der Waals surface area contributed by atoms with E-state index in [2.05, 4.69) is 55.6 Å². The van der Waals surface area contributed by atoms with E-state index in [1.807, 2.05) is 12.1 Å². The first-order valence-electron chi connectivity index (χ1n) is 7.94. The lowest BCUT2D eigenvalue weighted by Gasteiger charge is -2.39. The summed E-state index contributed by atoms with van der Waals surface area (Å²) in [6, 6.07) is 13.0. The first-order valence-corrected chi connectivity index (χ1v) is 8.32. The molecular weight excluding hydrogens is 290 g/mol. The second-order valence-corrected chi connectivity index (χ2v) is 6.89. The lowest BCUT2D eigenvalue weighted by atomic mass is 9.75. The van der Waals surface area contributed by atoms with Crippen molar-refractivity contribution in [1.29, 1.82) is 0 Å². The summed E-state index contributed by atoms with van der Waals surface area (Å²) in [4.78, 5) is 0. The molecule has 0 fully saturated rings. The molecule has 2 heteroatoms. The molecule has 0 spiro atoms. The first-order chi connectivity index (χ1) is 10.7. The number of benzene rings is 2. The monoisotopic (exact) mass is 309 g/mol. The first kappa shape index (κ1) is 13.9. The smallest absolute Gasteiger partial charge is 0.0568 e. The summed E-state index contributed by atoms with van der Waals surface area (Å²) < 4.78 is 0. The Bertz CT molecular complexity index is 762. The zero-order valence-electron chi connectivity index (χ0n) is 12.9. The van der Waals surface area contributed by atoms with E-state index >= 15 is 0 Å². The minimum absolute atomic E-state index is 0.279. The van der Waals surface area contributed by atoms with E-state index in [-0.39, 0.29) is 6.04 Å². The molecule has 4 rings (SSSR count). The molecular formula is C20H20ClN. The zero-order chi connectivity index (χ0) is 15.3. The van der Waals surface area contributed by atoms with Gasteiger partial charge < -0.3 is 5.32 Å². The molecule has 2 aliphatic rings. The lowest BCUT2D eigenvalue weighted by molar-refractivity contribution is 0.424. The predicted octanol–water partition coefficient (Wildman–Crippen LogP) is 5.78. The molecule has 0 unspecified atom stereocenters. The van der Waals surface area contributed by atoms with Gasteiger partial charge >= 0.3 is 0 Å². The number of rotatable bonds is 1. The highest BCUT2D eigenvalue weighted by Gasteiger charge is 2.39. The Morgan fingerprint density at radius 2 is 1.82 bits per heavy atom. The Hall–Kier alpha value is -1.73. The van der Waals surface area contributed by atoms with Gasteiger partial charge in [0.1, 0.15) is 0 Å². The van der Waals surface area contributed by atoms with Crippen molar-refractivity contribution in [2.24, 2.45) is 5.92 Å². The van der Waals surface area contributed by atoms with Gasteiger partial charge in [0, 0.05) is 16.6 Å². The standard InChI is InChI=1S/C20H20ClN/c1-12-10-11-13(2)19-18(12)14-7-5-8-15(14)20(22-19)16-6-3-4-9-17(16)21/h3-7,9-11,14-15,20,22H,8H2,1-2H3/t14-,15-,20+/m1/s1. The highest BCUT2D eigenvalue weighted by atomic mass is 35.5. The molecule has 2 aromatic carbocycles. The summed E-state index contributed by atoms with van der Waals surface area (Å²) in [6.45, 7) is 4.41. The molecule has 1 nitrogen and oxygen atoms in total. The van der Waals surface area contributed by atoms with Crippen molar-refractivity contribution in [3.05, 3.63) is 75.8 Å². The normalized spacial score (nSPS) is 25.5. The molecule has 0 aromatic heterocycles. The Morgan fingerprint density at radius 1 is 1.05 bits per heavy atom. The number of hydrogen-bond donors (Lipinski definition) is 1. The largest absolute Gasteiger partial charge is 0.377 e. The third-order valence-corrected chi connectivity index (χ3v) is 5.53. The van der Waals surface area contributed by atoms with Gasteiger partial charge in [-0.1, -0.05) is 54.1 Å². The van der Waals surface area contributed by atoms with Gasteiger partial charge in [-0.3, -0.25) is 0 Å². The van der Waals surface area contributed by atoms with Gasteiger partial charge in [0.25, 0.3) is 0 Å². The fourth-order valence-corrected chi connectivity index (χ4v) is 4.33. The summed E-state index contributed by atoms with van der Waals surface area (Å²) in [5.41, 5.74) is 6.69. The van der Waals surface area contributed by atoms with Gasteiger partial charge in [-0.05, 0) is 54.5 Å². The molecule has 3 atom stereocenters. The fourth-order valence-electron chi connectivity index (χ4n) is 4.08. The SMILES string of the molecule is Cc1ccc(C)c2c1N[C@H](c1ccccc1Cl)[C@@H]1CC=C[C@@H]21. The average molecular weight is 310 g/mol. The van der Waals surface area contributed by atoms with Crippen LogP contribution in [0.1, 0.15) is 40.6 Å². The summed E-state index contributed by atoms with van der Waals surface area (Å²) in [5.74, 6) is 1.05. The average Bonchev–Trinajstić information content (AvgIpc) is 3.00. The van der Waals surface area contributed by atoms with Crippen LogP contribution in [0, 0.1) is 19.8 Å². The van der Waals surface area contributed by atoms with Gasteiger partial charge in [0.05, 0.1) is 6.04 Å². The fraction of sp³-hybridized carbons (Fsp3) is 0.300. The van der Waals surface area contributed by atoms with Crippen LogP contribution < -0.4 is 5.32 Å². The Kier molecular flexibility index (Phi) is 3.27.